The third kappa shape index (κ3) is 4.03. The molecule has 0 spiro atoms. The summed E-state index contributed by atoms with van der Waals surface area (Å²) in [6.45, 7) is 2.05. The minimum Gasteiger partial charge on any atom is -0.467 e. The Kier molecular flexibility index (Phi) is 5.91. The SMILES string of the molecule is C/C=C/C[C@H](NC(=O)OCC1c2ccccc2-c2ccccc21)C(=O)OC. The lowest BCUT2D eigenvalue weighted by Crippen LogP contribution is -2.41. The number of amides is 1. The van der Waals surface area contributed by atoms with Gasteiger partial charge in [0.05, 0.1) is 7.11 Å². The standard InChI is InChI=1S/C22H23NO4/c1-3-4-13-20(21(24)26-2)23-22(25)27-14-19-17-11-7-5-9-15(17)16-10-6-8-12-18(16)19/h3-12,19-20H,13-14H2,1-2H3,(H,23,25)/b4-3+/t20-/m0/s1. The van der Waals surface area contributed by atoms with Crippen molar-refractivity contribution in [2.24, 2.45) is 0 Å². The minimum absolute atomic E-state index is 0.0183. The van der Waals surface area contributed by atoms with Crippen molar-refractivity contribution in [3.8, 4) is 11.1 Å². The van der Waals surface area contributed by atoms with Crippen molar-refractivity contribution in [3.05, 3.63) is 71.8 Å². The number of hydrogen-bond donors (Lipinski definition) is 1. The number of nitrogens with one attached hydrogen (secondary N) is 1. The van der Waals surface area contributed by atoms with Crippen molar-refractivity contribution in [2.75, 3.05) is 13.7 Å². The van der Waals surface area contributed by atoms with E-state index in [0.717, 1.165) is 11.1 Å². The molecule has 2 aromatic rings. The van der Waals surface area contributed by atoms with E-state index in [1.54, 1.807) is 6.08 Å². The smallest absolute Gasteiger partial charge is 0.407 e. The van der Waals surface area contributed by atoms with Crippen LogP contribution in [-0.2, 0) is 14.3 Å². The van der Waals surface area contributed by atoms with Gasteiger partial charge in [0.25, 0.3) is 0 Å². The number of carbonyl (C=O) groups is 2. The Labute approximate surface area is 159 Å². The lowest BCUT2D eigenvalue weighted by Gasteiger charge is -2.17. The molecule has 1 atom stereocenters. The topological polar surface area (TPSA) is 64.6 Å². The normalized spacial score (nSPS) is 13.7. The van der Waals surface area contributed by atoms with E-state index in [2.05, 4.69) is 29.6 Å². The highest BCUT2D eigenvalue weighted by Gasteiger charge is 2.29. The van der Waals surface area contributed by atoms with Crippen LogP contribution in [0.15, 0.2) is 60.7 Å². The van der Waals surface area contributed by atoms with Crippen LogP contribution in [0.5, 0.6) is 0 Å². The van der Waals surface area contributed by atoms with E-state index in [-0.39, 0.29) is 12.5 Å². The van der Waals surface area contributed by atoms with E-state index >= 15 is 0 Å². The molecule has 1 amide bonds. The fraction of sp³-hybridized carbons (Fsp3) is 0.273. The largest absolute Gasteiger partial charge is 0.467 e. The molecule has 27 heavy (non-hydrogen) atoms. The molecule has 0 radical (unpaired) electrons. The van der Waals surface area contributed by atoms with E-state index in [0.29, 0.717) is 6.42 Å². The Hall–Kier alpha value is -3.08. The van der Waals surface area contributed by atoms with Crippen LogP contribution in [0, 0.1) is 0 Å². The monoisotopic (exact) mass is 365 g/mol. The first-order valence-corrected chi connectivity index (χ1v) is 8.96. The predicted octanol–water partition coefficient (Wildman–Crippen LogP) is 4.03. The molecule has 1 aliphatic rings. The summed E-state index contributed by atoms with van der Waals surface area (Å²) in [5, 5.41) is 2.59. The zero-order valence-corrected chi connectivity index (χ0v) is 15.5. The molecule has 0 aromatic heterocycles. The van der Waals surface area contributed by atoms with E-state index in [1.807, 2.05) is 37.3 Å². The maximum atomic E-state index is 12.3. The number of alkyl carbamates (subject to hydrolysis) is 1. The van der Waals surface area contributed by atoms with Gasteiger partial charge in [0.1, 0.15) is 12.6 Å². The second-order valence-corrected chi connectivity index (χ2v) is 6.35. The molecule has 1 N–H and O–H groups in total. The molecule has 1 aliphatic carbocycles. The van der Waals surface area contributed by atoms with Crippen molar-refractivity contribution in [1.29, 1.82) is 0 Å². The van der Waals surface area contributed by atoms with Gasteiger partial charge in [-0.3, -0.25) is 0 Å². The number of benzene rings is 2. The van der Waals surface area contributed by atoms with Crippen LogP contribution in [-0.4, -0.2) is 31.8 Å². The number of hydrogen-bond acceptors (Lipinski definition) is 4. The predicted molar refractivity (Wildman–Crippen MR) is 103 cm³/mol. The Balaban J connectivity index is 1.69. The summed E-state index contributed by atoms with van der Waals surface area (Å²) in [6.07, 6.45) is 3.34. The first kappa shape index (κ1) is 18.7. The number of rotatable bonds is 6. The van der Waals surface area contributed by atoms with E-state index < -0.39 is 18.1 Å². The van der Waals surface area contributed by atoms with Crippen molar-refractivity contribution >= 4 is 12.1 Å². The number of ether oxygens (including phenoxy) is 2. The van der Waals surface area contributed by atoms with Gasteiger partial charge in [-0.25, -0.2) is 9.59 Å². The Morgan fingerprint density at radius 3 is 2.22 bits per heavy atom. The molecule has 0 fully saturated rings. The van der Waals surface area contributed by atoms with Gasteiger partial charge in [-0.15, -0.1) is 0 Å². The van der Waals surface area contributed by atoms with Gasteiger partial charge in [-0.1, -0.05) is 60.7 Å². The molecule has 0 bridgehead atoms. The summed E-state index contributed by atoms with van der Waals surface area (Å²) >= 11 is 0. The highest BCUT2D eigenvalue weighted by molar-refractivity contribution is 5.82. The third-order valence-electron chi connectivity index (χ3n) is 4.73. The highest BCUT2D eigenvalue weighted by Crippen LogP contribution is 2.44. The molecule has 5 heteroatoms. The molecule has 2 aromatic carbocycles. The molecule has 3 rings (SSSR count). The zero-order valence-electron chi connectivity index (χ0n) is 15.5. The number of fused-ring (bicyclic) bond motifs is 3. The van der Waals surface area contributed by atoms with Gasteiger partial charge in [0, 0.05) is 5.92 Å². The number of allylic oxidation sites excluding steroid dienone is 1. The van der Waals surface area contributed by atoms with Gasteiger partial charge in [0.2, 0.25) is 0 Å². The molecular formula is C22H23NO4. The van der Waals surface area contributed by atoms with Crippen LogP contribution >= 0.6 is 0 Å². The number of methoxy groups -OCH3 is 1. The molecule has 0 unspecified atom stereocenters. The average Bonchev–Trinajstić information content (AvgIpc) is 3.03. The molecule has 0 heterocycles. The lowest BCUT2D eigenvalue weighted by atomic mass is 9.98. The zero-order chi connectivity index (χ0) is 19.2. The number of carbonyl (C=O) groups excluding carboxylic acids is 2. The van der Waals surface area contributed by atoms with Crippen LogP contribution in [0.25, 0.3) is 11.1 Å². The first-order valence-electron chi connectivity index (χ1n) is 8.96. The molecule has 0 saturated heterocycles. The second kappa shape index (κ2) is 8.54. The van der Waals surface area contributed by atoms with Crippen LogP contribution in [0.3, 0.4) is 0 Å². The van der Waals surface area contributed by atoms with Gasteiger partial charge in [0.15, 0.2) is 0 Å². The summed E-state index contributed by atoms with van der Waals surface area (Å²) in [5.74, 6) is -0.517. The second-order valence-electron chi connectivity index (χ2n) is 6.35. The average molecular weight is 365 g/mol. The van der Waals surface area contributed by atoms with Crippen molar-refractivity contribution in [1.82, 2.24) is 5.32 Å². The summed E-state index contributed by atoms with van der Waals surface area (Å²) < 4.78 is 10.2. The first-order chi connectivity index (χ1) is 13.2. The number of esters is 1. The molecule has 0 saturated carbocycles. The fourth-order valence-electron chi connectivity index (χ4n) is 3.41. The maximum Gasteiger partial charge on any atom is 0.407 e. The molecule has 140 valence electrons. The van der Waals surface area contributed by atoms with E-state index in [1.165, 1.54) is 18.2 Å². The van der Waals surface area contributed by atoms with Crippen molar-refractivity contribution < 1.29 is 19.1 Å². The van der Waals surface area contributed by atoms with Gasteiger partial charge in [-0.05, 0) is 35.6 Å². The fourth-order valence-corrected chi connectivity index (χ4v) is 3.41. The molecule has 0 aliphatic heterocycles. The van der Waals surface area contributed by atoms with Gasteiger partial charge < -0.3 is 14.8 Å². The van der Waals surface area contributed by atoms with Crippen LogP contribution in [0.1, 0.15) is 30.4 Å². The Morgan fingerprint density at radius 2 is 1.67 bits per heavy atom. The Bertz CT molecular complexity index is 813. The summed E-state index contributed by atoms with van der Waals surface area (Å²) in [6, 6.07) is 15.5. The van der Waals surface area contributed by atoms with Crippen molar-refractivity contribution in [2.45, 2.75) is 25.3 Å². The van der Waals surface area contributed by atoms with Crippen LogP contribution < -0.4 is 5.32 Å². The molecule has 5 nitrogen and oxygen atoms in total. The summed E-state index contributed by atoms with van der Waals surface area (Å²) in [4.78, 5) is 24.1. The van der Waals surface area contributed by atoms with Gasteiger partial charge in [-0.2, -0.15) is 0 Å². The van der Waals surface area contributed by atoms with Gasteiger partial charge >= 0.3 is 12.1 Å². The van der Waals surface area contributed by atoms with Crippen LogP contribution in [0.4, 0.5) is 4.79 Å². The summed E-state index contributed by atoms with van der Waals surface area (Å²) in [5.41, 5.74) is 4.63. The highest BCUT2D eigenvalue weighted by atomic mass is 16.6. The van der Waals surface area contributed by atoms with Crippen molar-refractivity contribution in [3.63, 3.8) is 0 Å². The third-order valence-corrected chi connectivity index (χ3v) is 4.73. The van der Waals surface area contributed by atoms with E-state index in [9.17, 15) is 9.59 Å². The van der Waals surface area contributed by atoms with E-state index in [4.69, 9.17) is 9.47 Å². The van der Waals surface area contributed by atoms with Crippen LogP contribution in [0.2, 0.25) is 0 Å². The molecular weight excluding hydrogens is 342 g/mol. The summed E-state index contributed by atoms with van der Waals surface area (Å²) in [7, 11) is 1.30. The maximum absolute atomic E-state index is 12.3. The Morgan fingerprint density at radius 1 is 1.07 bits per heavy atom. The quantitative estimate of drug-likeness (QED) is 0.620. The lowest BCUT2D eigenvalue weighted by molar-refractivity contribution is -0.142. The minimum atomic E-state index is -0.762.